The fourth-order valence-electron chi connectivity index (χ4n) is 1.59. The van der Waals surface area contributed by atoms with Crippen molar-refractivity contribution in [2.24, 2.45) is 0 Å². The van der Waals surface area contributed by atoms with Gasteiger partial charge < -0.3 is 9.53 Å². The van der Waals surface area contributed by atoms with Crippen LogP contribution < -0.4 is 0 Å². The normalized spacial score (nSPS) is 15.9. The second-order valence-corrected chi connectivity index (χ2v) is 9.36. The average molecular weight is 242 g/mol. The first-order valence-corrected chi connectivity index (χ1v) is 8.82. The highest BCUT2D eigenvalue weighted by atomic mass is 28.4. The zero-order valence-corrected chi connectivity index (χ0v) is 11.2. The lowest BCUT2D eigenvalue weighted by Gasteiger charge is -2.27. The van der Waals surface area contributed by atoms with E-state index in [0.717, 1.165) is 0 Å². The average Bonchev–Trinajstić information content (AvgIpc) is 2.15. The van der Waals surface area contributed by atoms with Crippen LogP contribution in [0.4, 0.5) is 4.39 Å². The lowest BCUT2D eigenvalue weighted by molar-refractivity contribution is 0.0397. The van der Waals surface area contributed by atoms with Gasteiger partial charge in [-0.25, -0.2) is 4.39 Å². The van der Waals surface area contributed by atoms with Crippen molar-refractivity contribution < 1.29 is 13.9 Å². The van der Waals surface area contributed by atoms with E-state index in [4.69, 9.17) is 4.43 Å². The third-order valence-electron chi connectivity index (χ3n) is 2.21. The summed E-state index contributed by atoms with van der Waals surface area (Å²) < 4.78 is 19.2. The highest BCUT2D eigenvalue weighted by Crippen LogP contribution is 2.23. The van der Waals surface area contributed by atoms with Crippen LogP contribution in [0.3, 0.4) is 0 Å². The summed E-state index contributed by atoms with van der Waals surface area (Å²) >= 11 is 0. The van der Waals surface area contributed by atoms with E-state index in [1.807, 2.05) is 19.6 Å². The number of halogens is 1. The summed E-state index contributed by atoms with van der Waals surface area (Å²) in [5.74, 6) is -0.388. The van der Waals surface area contributed by atoms with Crippen molar-refractivity contribution in [1.29, 1.82) is 0 Å². The molecule has 0 aliphatic rings. The van der Waals surface area contributed by atoms with Crippen molar-refractivity contribution in [2.75, 3.05) is 0 Å². The van der Waals surface area contributed by atoms with Gasteiger partial charge in [0.2, 0.25) is 0 Å². The number of benzene rings is 1. The zero-order chi connectivity index (χ0) is 12.3. The predicted octanol–water partition coefficient (Wildman–Crippen LogP) is 3.10. The lowest BCUT2D eigenvalue weighted by atomic mass is 10.1. The second kappa shape index (κ2) is 5.08. The molecule has 0 aliphatic carbocycles. The smallest absolute Gasteiger partial charge is 0.184 e. The topological polar surface area (TPSA) is 29.5 Å². The third-order valence-corrected chi connectivity index (χ3v) is 3.29. The van der Waals surface area contributed by atoms with E-state index in [9.17, 15) is 9.50 Å². The Kier molecular flexibility index (Phi) is 4.24. The summed E-state index contributed by atoms with van der Waals surface area (Å²) in [6.45, 7) is 7.89. The minimum absolute atomic E-state index is 0.299. The first-order chi connectivity index (χ1) is 7.31. The van der Waals surface area contributed by atoms with E-state index in [2.05, 4.69) is 0 Å². The predicted molar refractivity (Wildman–Crippen MR) is 65.3 cm³/mol. The van der Waals surface area contributed by atoms with Crippen molar-refractivity contribution >= 4 is 8.32 Å². The van der Waals surface area contributed by atoms with Crippen molar-refractivity contribution in [3.05, 3.63) is 35.6 Å². The minimum atomic E-state index is -1.72. The number of aliphatic hydroxyl groups excluding tert-OH is 1. The molecule has 1 rings (SSSR count). The molecule has 0 amide bonds. The Morgan fingerprint density at radius 3 is 2.31 bits per heavy atom. The number of hydrogen-bond donors (Lipinski definition) is 1. The summed E-state index contributed by atoms with van der Waals surface area (Å²) in [5.41, 5.74) is 0.299. The van der Waals surface area contributed by atoms with Crippen LogP contribution in [0.2, 0.25) is 19.6 Å². The first kappa shape index (κ1) is 13.4. The maximum Gasteiger partial charge on any atom is 0.184 e. The van der Waals surface area contributed by atoms with E-state index >= 15 is 0 Å². The molecule has 0 aliphatic heterocycles. The Balaban J connectivity index is 2.78. The quantitative estimate of drug-likeness (QED) is 0.822. The van der Waals surface area contributed by atoms with E-state index in [0.29, 0.717) is 5.56 Å². The fourth-order valence-corrected chi connectivity index (χ4v) is 2.83. The summed E-state index contributed by atoms with van der Waals surface area (Å²) in [5, 5.41) is 9.99. The number of aliphatic hydroxyl groups is 1. The van der Waals surface area contributed by atoms with Crippen molar-refractivity contribution in [3.8, 4) is 0 Å². The molecule has 0 bridgehead atoms. The van der Waals surface area contributed by atoms with Gasteiger partial charge in [0.1, 0.15) is 11.9 Å². The molecule has 4 heteroatoms. The number of rotatable bonds is 4. The lowest BCUT2D eigenvalue weighted by Crippen LogP contribution is -2.34. The molecule has 1 aromatic rings. The van der Waals surface area contributed by atoms with Gasteiger partial charge in [-0.3, -0.25) is 0 Å². The van der Waals surface area contributed by atoms with Crippen LogP contribution >= 0.6 is 0 Å². The van der Waals surface area contributed by atoms with E-state index < -0.39 is 14.4 Å². The Labute approximate surface area is 97.2 Å². The van der Waals surface area contributed by atoms with Crippen LogP contribution in [-0.2, 0) is 4.43 Å². The number of hydrogen-bond acceptors (Lipinski definition) is 2. The fraction of sp³-hybridized carbons (Fsp3) is 0.500. The zero-order valence-electron chi connectivity index (χ0n) is 10.2. The van der Waals surface area contributed by atoms with Gasteiger partial charge in [-0.15, -0.1) is 0 Å². The molecule has 0 heterocycles. The third kappa shape index (κ3) is 3.70. The van der Waals surface area contributed by atoms with Crippen molar-refractivity contribution in [3.63, 3.8) is 0 Å². The van der Waals surface area contributed by atoms with Gasteiger partial charge in [0, 0.05) is 5.56 Å². The monoisotopic (exact) mass is 242 g/mol. The molecule has 90 valence electrons. The van der Waals surface area contributed by atoms with Gasteiger partial charge in [0.05, 0.1) is 6.10 Å². The molecule has 0 unspecified atom stereocenters. The summed E-state index contributed by atoms with van der Waals surface area (Å²) in [4.78, 5) is 0. The molecule has 1 aromatic carbocycles. The Morgan fingerprint density at radius 2 is 1.81 bits per heavy atom. The molecule has 0 fully saturated rings. The molecule has 0 radical (unpaired) electrons. The van der Waals surface area contributed by atoms with Gasteiger partial charge in [0.15, 0.2) is 8.32 Å². The summed E-state index contributed by atoms with van der Waals surface area (Å²) in [6, 6.07) is 6.25. The van der Waals surface area contributed by atoms with E-state index in [1.54, 1.807) is 25.1 Å². The Hall–Kier alpha value is -0.713. The maximum absolute atomic E-state index is 13.4. The Bertz CT molecular complexity index is 349. The molecule has 2 atom stereocenters. The maximum atomic E-state index is 13.4. The van der Waals surface area contributed by atoms with Gasteiger partial charge in [-0.05, 0) is 32.6 Å². The van der Waals surface area contributed by atoms with Crippen molar-refractivity contribution in [1.82, 2.24) is 0 Å². The van der Waals surface area contributed by atoms with Crippen LogP contribution in [-0.4, -0.2) is 19.5 Å². The standard InChI is InChI=1S/C12H19FO2Si/c1-9(15-16(2,3)4)12(14)10-7-5-6-8-11(10)13/h5-9,12,14H,1-4H3/t9-,12+/m0/s1. The van der Waals surface area contributed by atoms with E-state index in [-0.39, 0.29) is 11.9 Å². The first-order valence-electron chi connectivity index (χ1n) is 5.41. The Morgan fingerprint density at radius 1 is 1.25 bits per heavy atom. The van der Waals surface area contributed by atoms with Crippen LogP contribution in [0, 0.1) is 5.82 Å². The van der Waals surface area contributed by atoms with Crippen LogP contribution in [0.15, 0.2) is 24.3 Å². The molecule has 0 aromatic heterocycles. The molecule has 2 nitrogen and oxygen atoms in total. The SMILES string of the molecule is C[C@H](O[Si](C)(C)C)[C@@H](O)c1ccccc1F. The summed E-state index contributed by atoms with van der Waals surface area (Å²) in [6.07, 6.45) is -1.29. The second-order valence-electron chi connectivity index (χ2n) is 4.90. The highest BCUT2D eigenvalue weighted by molar-refractivity contribution is 6.69. The molecule has 1 N–H and O–H groups in total. The van der Waals surface area contributed by atoms with Gasteiger partial charge in [-0.1, -0.05) is 18.2 Å². The van der Waals surface area contributed by atoms with Crippen LogP contribution in [0.5, 0.6) is 0 Å². The summed E-state index contributed by atoms with van der Waals surface area (Å²) in [7, 11) is -1.72. The molecule has 0 saturated carbocycles. The molecule has 0 spiro atoms. The van der Waals surface area contributed by atoms with Gasteiger partial charge >= 0.3 is 0 Å². The highest BCUT2D eigenvalue weighted by Gasteiger charge is 2.25. The van der Waals surface area contributed by atoms with Crippen molar-refractivity contribution in [2.45, 2.75) is 38.8 Å². The van der Waals surface area contributed by atoms with Crippen LogP contribution in [0.25, 0.3) is 0 Å². The minimum Gasteiger partial charge on any atom is -0.412 e. The van der Waals surface area contributed by atoms with Gasteiger partial charge in [0.25, 0.3) is 0 Å². The van der Waals surface area contributed by atoms with Crippen LogP contribution in [0.1, 0.15) is 18.6 Å². The van der Waals surface area contributed by atoms with Gasteiger partial charge in [-0.2, -0.15) is 0 Å². The molecular formula is C12H19FO2Si. The molecular weight excluding hydrogens is 223 g/mol. The molecule has 16 heavy (non-hydrogen) atoms. The molecule has 0 saturated heterocycles. The largest absolute Gasteiger partial charge is 0.412 e. The van der Waals surface area contributed by atoms with E-state index in [1.165, 1.54) is 6.07 Å².